The van der Waals surface area contributed by atoms with Crippen LogP contribution in [0.1, 0.15) is 45.2 Å². The van der Waals surface area contributed by atoms with Gasteiger partial charge in [0.05, 0.1) is 5.75 Å². The van der Waals surface area contributed by atoms with Gasteiger partial charge in [0.2, 0.25) is 10.0 Å². The molecule has 1 unspecified atom stereocenters. The molecular weight excluding hydrogens is 312 g/mol. The molecule has 2 N–H and O–H groups in total. The molecule has 0 aliphatic carbocycles. The summed E-state index contributed by atoms with van der Waals surface area (Å²) in [5, 5.41) is 13.1. The highest BCUT2D eigenvalue weighted by atomic mass is 32.2. The van der Waals surface area contributed by atoms with E-state index in [4.69, 9.17) is 0 Å². The Morgan fingerprint density at radius 3 is 2.48 bits per heavy atom. The number of hydrogen-bond donors (Lipinski definition) is 2. The molecule has 1 heterocycles. The lowest BCUT2D eigenvalue weighted by molar-refractivity contribution is 0.276. The van der Waals surface area contributed by atoms with Crippen molar-refractivity contribution < 1.29 is 13.5 Å². The van der Waals surface area contributed by atoms with Crippen molar-refractivity contribution in [2.24, 2.45) is 5.92 Å². The van der Waals surface area contributed by atoms with Crippen LogP contribution in [0.15, 0.2) is 24.3 Å². The first kappa shape index (κ1) is 18.2. The Morgan fingerprint density at radius 1 is 1.26 bits per heavy atom. The Hall–Kier alpha value is -1.11. The lowest BCUT2D eigenvalue weighted by atomic mass is 10.0. The van der Waals surface area contributed by atoms with Crippen molar-refractivity contribution in [1.29, 1.82) is 0 Å². The quantitative estimate of drug-likeness (QED) is 0.835. The summed E-state index contributed by atoms with van der Waals surface area (Å²) in [4.78, 5) is 0. The SMILES string of the molecule is CC(C)CS(=O)(=O)N1CCC(NC(C)c2cccc(O)c2)CC1. The summed E-state index contributed by atoms with van der Waals surface area (Å²) < 4.78 is 26.2. The Morgan fingerprint density at radius 2 is 1.91 bits per heavy atom. The maximum Gasteiger partial charge on any atom is 0.214 e. The van der Waals surface area contributed by atoms with Crippen molar-refractivity contribution in [1.82, 2.24) is 9.62 Å². The van der Waals surface area contributed by atoms with Crippen LogP contribution in [0.3, 0.4) is 0 Å². The van der Waals surface area contributed by atoms with Crippen LogP contribution in [0.5, 0.6) is 5.75 Å². The zero-order chi connectivity index (χ0) is 17.0. The molecule has 0 spiro atoms. The molecule has 0 aromatic heterocycles. The molecule has 23 heavy (non-hydrogen) atoms. The van der Waals surface area contributed by atoms with E-state index in [1.54, 1.807) is 16.4 Å². The second-order valence-electron chi connectivity index (χ2n) is 6.83. The molecule has 0 saturated carbocycles. The van der Waals surface area contributed by atoms with Crippen LogP contribution in [-0.4, -0.2) is 42.7 Å². The molecule has 0 bridgehead atoms. The number of nitrogens with one attached hydrogen (secondary N) is 1. The summed E-state index contributed by atoms with van der Waals surface area (Å²) in [6.07, 6.45) is 1.64. The maximum atomic E-state index is 12.3. The minimum Gasteiger partial charge on any atom is -0.508 e. The van der Waals surface area contributed by atoms with E-state index in [2.05, 4.69) is 12.2 Å². The van der Waals surface area contributed by atoms with Gasteiger partial charge in [0.1, 0.15) is 5.75 Å². The predicted octanol–water partition coefficient (Wildman–Crippen LogP) is 2.49. The third-order valence-corrected chi connectivity index (χ3v) is 6.49. The van der Waals surface area contributed by atoms with Gasteiger partial charge in [0, 0.05) is 25.2 Å². The number of aromatic hydroxyl groups is 1. The summed E-state index contributed by atoms with van der Waals surface area (Å²) in [6.45, 7) is 7.10. The zero-order valence-corrected chi connectivity index (χ0v) is 15.0. The molecule has 1 aliphatic heterocycles. The summed E-state index contributed by atoms with van der Waals surface area (Å²) in [6, 6.07) is 7.68. The van der Waals surface area contributed by atoms with Gasteiger partial charge >= 0.3 is 0 Å². The van der Waals surface area contributed by atoms with Gasteiger partial charge in [-0.05, 0) is 43.4 Å². The zero-order valence-electron chi connectivity index (χ0n) is 14.2. The van der Waals surface area contributed by atoms with Gasteiger partial charge in [-0.25, -0.2) is 12.7 Å². The van der Waals surface area contributed by atoms with Crippen LogP contribution in [-0.2, 0) is 10.0 Å². The van der Waals surface area contributed by atoms with Gasteiger partial charge in [-0.2, -0.15) is 0 Å². The van der Waals surface area contributed by atoms with Gasteiger partial charge in [0.15, 0.2) is 0 Å². The van der Waals surface area contributed by atoms with Crippen LogP contribution in [0.2, 0.25) is 0 Å². The Kier molecular flexibility index (Phi) is 6.06. The number of phenolic OH excluding ortho intramolecular Hbond substituents is 1. The highest BCUT2D eigenvalue weighted by molar-refractivity contribution is 7.89. The van der Waals surface area contributed by atoms with Crippen molar-refractivity contribution in [3.8, 4) is 5.75 Å². The van der Waals surface area contributed by atoms with Crippen LogP contribution in [0.25, 0.3) is 0 Å². The fraction of sp³-hybridized carbons (Fsp3) is 0.647. The van der Waals surface area contributed by atoms with E-state index in [9.17, 15) is 13.5 Å². The summed E-state index contributed by atoms with van der Waals surface area (Å²) in [5.74, 6) is 0.650. The molecule has 130 valence electrons. The Balaban J connectivity index is 1.87. The second kappa shape index (κ2) is 7.64. The normalized spacial score (nSPS) is 19.1. The number of nitrogens with zero attached hydrogens (tertiary/aromatic N) is 1. The third-order valence-electron chi connectivity index (χ3n) is 4.25. The minimum absolute atomic E-state index is 0.130. The Labute approximate surface area is 139 Å². The first-order chi connectivity index (χ1) is 10.8. The molecule has 1 saturated heterocycles. The monoisotopic (exact) mass is 340 g/mol. The molecule has 0 amide bonds. The van der Waals surface area contributed by atoms with Crippen LogP contribution >= 0.6 is 0 Å². The minimum atomic E-state index is -3.12. The van der Waals surface area contributed by atoms with Crippen LogP contribution in [0.4, 0.5) is 0 Å². The number of hydrogen-bond acceptors (Lipinski definition) is 4. The van der Waals surface area contributed by atoms with Gasteiger partial charge in [0.25, 0.3) is 0 Å². The first-order valence-corrected chi connectivity index (χ1v) is 9.91. The molecule has 5 nitrogen and oxygen atoms in total. The van der Waals surface area contributed by atoms with E-state index in [-0.39, 0.29) is 23.5 Å². The lowest BCUT2D eigenvalue weighted by Crippen LogP contribution is -2.46. The third kappa shape index (κ3) is 5.19. The van der Waals surface area contributed by atoms with Crippen LogP contribution < -0.4 is 5.32 Å². The molecular formula is C17H28N2O3S. The van der Waals surface area contributed by atoms with Gasteiger partial charge in [-0.15, -0.1) is 0 Å². The highest BCUT2D eigenvalue weighted by Gasteiger charge is 2.28. The van der Waals surface area contributed by atoms with E-state index < -0.39 is 10.0 Å². The molecule has 1 aromatic carbocycles. The van der Waals surface area contributed by atoms with E-state index in [1.807, 2.05) is 26.0 Å². The summed E-state index contributed by atoms with van der Waals surface area (Å²) >= 11 is 0. The standard InChI is InChI=1S/C17H28N2O3S/c1-13(2)12-23(21,22)19-9-7-16(8-10-19)18-14(3)15-5-4-6-17(20)11-15/h4-6,11,13-14,16,18,20H,7-10,12H2,1-3H3. The van der Waals surface area contributed by atoms with Gasteiger partial charge in [-0.1, -0.05) is 26.0 Å². The van der Waals surface area contributed by atoms with Crippen molar-refractivity contribution in [3.05, 3.63) is 29.8 Å². The summed E-state index contributed by atoms with van der Waals surface area (Å²) in [7, 11) is -3.12. The summed E-state index contributed by atoms with van der Waals surface area (Å²) in [5.41, 5.74) is 1.04. The second-order valence-corrected chi connectivity index (χ2v) is 8.84. The van der Waals surface area contributed by atoms with Crippen molar-refractivity contribution in [2.45, 2.75) is 45.7 Å². The number of piperidine rings is 1. The average Bonchev–Trinajstić information content (AvgIpc) is 2.46. The number of sulfonamides is 1. The fourth-order valence-electron chi connectivity index (χ4n) is 3.07. The molecule has 0 radical (unpaired) electrons. The molecule has 1 aromatic rings. The molecule has 1 aliphatic rings. The largest absolute Gasteiger partial charge is 0.508 e. The van der Waals surface area contributed by atoms with Crippen molar-refractivity contribution >= 4 is 10.0 Å². The van der Waals surface area contributed by atoms with Crippen LogP contribution in [0, 0.1) is 5.92 Å². The Bertz CT molecular complexity index is 608. The average molecular weight is 340 g/mol. The van der Waals surface area contributed by atoms with E-state index in [1.165, 1.54) is 0 Å². The first-order valence-electron chi connectivity index (χ1n) is 8.30. The number of rotatable bonds is 6. The predicted molar refractivity (Wildman–Crippen MR) is 92.9 cm³/mol. The smallest absolute Gasteiger partial charge is 0.214 e. The lowest BCUT2D eigenvalue weighted by Gasteiger charge is -2.33. The highest BCUT2D eigenvalue weighted by Crippen LogP contribution is 2.22. The number of phenols is 1. The van der Waals surface area contributed by atoms with Gasteiger partial charge in [-0.3, -0.25) is 0 Å². The molecule has 6 heteroatoms. The van der Waals surface area contributed by atoms with E-state index in [0.717, 1.165) is 18.4 Å². The van der Waals surface area contributed by atoms with E-state index in [0.29, 0.717) is 19.1 Å². The molecule has 2 rings (SSSR count). The topological polar surface area (TPSA) is 69.6 Å². The van der Waals surface area contributed by atoms with Crippen molar-refractivity contribution in [2.75, 3.05) is 18.8 Å². The number of benzene rings is 1. The maximum absolute atomic E-state index is 12.3. The molecule has 1 fully saturated rings. The van der Waals surface area contributed by atoms with E-state index >= 15 is 0 Å². The fourth-order valence-corrected chi connectivity index (χ4v) is 4.89. The van der Waals surface area contributed by atoms with Crippen molar-refractivity contribution in [3.63, 3.8) is 0 Å². The molecule has 1 atom stereocenters. The van der Waals surface area contributed by atoms with Gasteiger partial charge < -0.3 is 10.4 Å².